The lowest BCUT2D eigenvalue weighted by Gasteiger charge is -2.15. The van der Waals surface area contributed by atoms with E-state index in [1.807, 2.05) is 71.2 Å². The number of nitrogens with zero attached hydrogens (tertiary/aromatic N) is 2. The van der Waals surface area contributed by atoms with Gasteiger partial charge in [0.2, 0.25) is 0 Å². The average Bonchev–Trinajstić information content (AvgIpc) is 2.95. The Kier molecular flexibility index (Phi) is 6.89. The maximum atomic E-state index is 6.11. The molecule has 0 aliphatic heterocycles. The van der Waals surface area contributed by atoms with E-state index in [1.54, 1.807) is 7.11 Å². The van der Waals surface area contributed by atoms with E-state index >= 15 is 0 Å². The third-order valence-electron chi connectivity index (χ3n) is 4.20. The fourth-order valence-corrected chi connectivity index (χ4v) is 2.85. The lowest BCUT2D eigenvalue weighted by atomic mass is 10.1. The van der Waals surface area contributed by atoms with Gasteiger partial charge in [0.25, 0.3) is 0 Å². The molecule has 1 heterocycles. The number of hydrogen-bond donors (Lipinski definition) is 0. The van der Waals surface area contributed by atoms with Crippen LogP contribution in [0.15, 0.2) is 41.6 Å². The van der Waals surface area contributed by atoms with Crippen LogP contribution < -0.4 is 9.47 Å². The molecular weight excluding hydrogens is 328 g/mol. The van der Waals surface area contributed by atoms with E-state index in [0.29, 0.717) is 13.2 Å². The van der Waals surface area contributed by atoms with Crippen LogP contribution in [-0.2, 0) is 18.5 Å². The molecule has 0 aliphatic rings. The molecule has 0 saturated carbocycles. The van der Waals surface area contributed by atoms with Crippen molar-refractivity contribution in [3.05, 3.63) is 58.9 Å². The van der Waals surface area contributed by atoms with Crippen LogP contribution in [0.3, 0.4) is 0 Å². The lowest BCUT2D eigenvalue weighted by molar-refractivity contribution is 0.213. The first-order valence-electron chi connectivity index (χ1n) is 8.68. The lowest BCUT2D eigenvalue weighted by Crippen LogP contribution is -2.09. The molecule has 0 atom stereocenters. The summed E-state index contributed by atoms with van der Waals surface area (Å²) < 4.78 is 13.9. The zero-order chi connectivity index (χ0) is 19.1. The van der Waals surface area contributed by atoms with Crippen LogP contribution >= 0.6 is 0 Å². The Morgan fingerprint density at radius 1 is 1.15 bits per heavy atom. The molecule has 0 spiro atoms. The SMILES string of the molecule is C/C=C/COc1cc(C)c(OCc2ccc(C(C)=NOC)n2C)c(C)c1. The van der Waals surface area contributed by atoms with E-state index in [9.17, 15) is 0 Å². The van der Waals surface area contributed by atoms with Crippen LogP contribution in [0.1, 0.15) is 36.4 Å². The van der Waals surface area contributed by atoms with Crippen molar-refractivity contribution in [1.29, 1.82) is 0 Å². The Morgan fingerprint density at radius 3 is 2.46 bits per heavy atom. The zero-order valence-corrected chi connectivity index (χ0v) is 16.5. The molecule has 0 amide bonds. The van der Waals surface area contributed by atoms with Crippen molar-refractivity contribution < 1.29 is 14.3 Å². The second-order valence-electron chi connectivity index (χ2n) is 6.18. The molecule has 0 N–H and O–H groups in total. The molecule has 0 bridgehead atoms. The summed E-state index contributed by atoms with van der Waals surface area (Å²) in [7, 11) is 3.55. The minimum Gasteiger partial charge on any atom is -0.490 e. The molecule has 1 aromatic carbocycles. The molecule has 2 rings (SSSR count). The molecule has 5 nitrogen and oxygen atoms in total. The Balaban J connectivity index is 2.11. The molecular formula is C21H28N2O3. The number of oxime groups is 1. The summed E-state index contributed by atoms with van der Waals surface area (Å²) in [5, 5.41) is 3.99. The fourth-order valence-electron chi connectivity index (χ4n) is 2.85. The molecule has 2 aromatic rings. The largest absolute Gasteiger partial charge is 0.490 e. The van der Waals surface area contributed by atoms with Gasteiger partial charge in [-0.1, -0.05) is 17.3 Å². The van der Waals surface area contributed by atoms with Gasteiger partial charge >= 0.3 is 0 Å². The van der Waals surface area contributed by atoms with Gasteiger partial charge in [-0.2, -0.15) is 0 Å². The zero-order valence-electron chi connectivity index (χ0n) is 16.5. The summed E-state index contributed by atoms with van der Waals surface area (Å²) in [6, 6.07) is 8.09. The molecule has 0 fully saturated rings. The third-order valence-corrected chi connectivity index (χ3v) is 4.20. The Hall–Kier alpha value is -2.69. The Morgan fingerprint density at radius 2 is 1.85 bits per heavy atom. The van der Waals surface area contributed by atoms with E-state index in [2.05, 4.69) is 9.72 Å². The molecule has 5 heteroatoms. The van der Waals surface area contributed by atoms with Crippen LogP contribution in [0.25, 0.3) is 0 Å². The highest BCUT2D eigenvalue weighted by Gasteiger charge is 2.11. The molecule has 26 heavy (non-hydrogen) atoms. The number of allylic oxidation sites excluding steroid dienone is 1. The highest BCUT2D eigenvalue weighted by Crippen LogP contribution is 2.29. The number of aromatic nitrogens is 1. The number of aryl methyl sites for hydroxylation is 2. The molecule has 140 valence electrons. The van der Waals surface area contributed by atoms with Crippen molar-refractivity contribution in [2.24, 2.45) is 12.2 Å². The molecule has 0 radical (unpaired) electrons. The van der Waals surface area contributed by atoms with Crippen molar-refractivity contribution in [2.75, 3.05) is 13.7 Å². The number of benzene rings is 1. The van der Waals surface area contributed by atoms with Crippen molar-refractivity contribution in [2.45, 2.75) is 34.3 Å². The average molecular weight is 356 g/mol. The van der Waals surface area contributed by atoms with Gasteiger partial charge in [-0.25, -0.2) is 0 Å². The fraction of sp³-hybridized carbons (Fsp3) is 0.381. The summed E-state index contributed by atoms with van der Waals surface area (Å²) in [4.78, 5) is 4.86. The first-order valence-corrected chi connectivity index (χ1v) is 8.68. The first-order chi connectivity index (χ1) is 12.5. The molecule has 0 aliphatic carbocycles. The highest BCUT2D eigenvalue weighted by atomic mass is 16.6. The van der Waals surface area contributed by atoms with Gasteiger partial charge in [0.1, 0.15) is 37.5 Å². The van der Waals surface area contributed by atoms with Crippen LogP contribution in [-0.4, -0.2) is 24.0 Å². The van der Waals surface area contributed by atoms with E-state index in [-0.39, 0.29) is 0 Å². The van der Waals surface area contributed by atoms with Crippen LogP contribution in [0.2, 0.25) is 0 Å². The summed E-state index contributed by atoms with van der Waals surface area (Å²) >= 11 is 0. The van der Waals surface area contributed by atoms with Gasteiger partial charge in [0, 0.05) is 7.05 Å². The van der Waals surface area contributed by atoms with Gasteiger partial charge in [-0.15, -0.1) is 0 Å². The van der Waals surface area contributed by atoms with Gasteiger partial charge in [-0.05, 0) is 63.1 Å². The highest BCUT2D eigenvalue weighted by molar-refractivity contribution is 5.97. The van der Waals surface area contributed by atoms with Crippen molar-refractivity contribution in [3.63, 3.8) is 0 Å². The maximum absolute atomic E-state index is 6.11. The summed E-state index contributed by atoms with van der Waals surface area (Å²) in [5.74, 6) is 1.76. The van der Waals surface area contributed by atoms with E-state index < -0.39 is 0 Å². The van der Waals surface area contributed by atoms with Gasteiger partial charge in [-0.3, -0.25) is 0 Å². The maximum Gasteiger partial charge on any atom is 0.128 e. The van der Waals surface area contributed by atoms with Crippen molar-refractivity contribution in [1.82, 2.24) is 4.57 Å². The summed E-state index contributed by atoms with van der Waals surface area (Å²) in [5.41, 5.74) is 5.03. The standard InChI is InChI=1S/C21H28N2O3/c1-7-8-11-25-19-12-15(2)21(16(3)13-19)26-14-18-9-10-20(23(18)5)17(4)22-24-6/h7-10,12-13H,11,14H2,1-6H3/b8-7+,22-17?. The van der Waals surface area contributed by atoms with Crippen LogP contribution in [0.4, 0.5) is 0 Å². The molecule has 1 aromatic heterocycles. The smallest absolute Gasteiger partial charge is 0.128 e. The quantitative estimate of drug-likeness (QED) is 0.396. The number of ether oxygens (including phenoxy) is 2. The minimum absolute atomic E-state index is 0.483. The van der Waals surface area contributed by atoms with Crippen molar-refractivity contribution >= 4 is 5.71 Å². The monoisotopic (exact) mass is 356 g/mol. The second kappa shape index (κ2) is 9.13. The predicted molar refractivity (Wildman–Crippen MR) is 105 cm³/mol. The van der Waals surface area contributed by atoms with E-state index in [0.717, 1.165) is 39.7 Å². The van der Waals surface area contributed by atoms with Gasteiger partial charge < -0.3 is 18.9 Å². The number of rotatable bonds is 8. The summed E-state index contributed by atoms with van der Waals surface area (Å²) in [6.07, 6.45) is 3.96. The minimum atomic E-state index is 0.483. The van der Waals surface area contributed by atoms with Gasteiger partial charge in [0.05, 0.1) is 11.4 Å². The van der Waals surface area contributed by atoms with Gasteiger partial charge in [0.15, 0.2) is 0 Å². The van der Waals surface area contributed by atoms with E-state index in [4.69, 9.17) is 14.3 Å². The molecule has 0 unspecified atom stereocenters. The third kappa shape index (κ3) is 4.69. The second-order valence-corrected chi connectivity index (χ2v) is 6.18. The predicted octanol–water partition coefficient (Wildman–Crippen LogP) is 4.55. The first kappa shape index (κ1) is 19.6. The normalized spacial score (nSPS) is 11.8. The Labute approximate surface area is 155 Å². The Bertz CT molecular complexity index is 781. The van der Waals surface area contributed by atoms with Crippen LogP contribution in [0.5, 0.6) is 11.5 Å². The summed E-state index contributed by atoms with van der Waals surface area (Å²) in [6.45, 7) is 9.04. The number of hydrogen-bond acceptors (Lipinski definition) is 4. The topological polar surface area (TPSA) is 45.0 Å². The van der Waals surface area contributed by atoms with Crippen molar-refractivity contribution in [3.8, 4) is 11.5 Å². The molecule has 0 saturated heterocycles. The van der Waals surface area contributed by atoms with Crippen LogP contribution in [0, 0.1) is 13.8 Å². The van der Waals surface area contributed by atoms with E-state index in [1.165, 1.54) is 0 Å².